The molecule has 0 amide bonds. The fourth-order valence-electron chi connectivity index (χ4n) is 3.00. The van der Waals surface area contributed by atoms with Crippen LogP contribution in [0.3, 0.4) is 0 Å². The molecule has 0 nitrogen and oxygen atoms in total. The van der Waals surface area contributed by atoms with E-state index < -0.39 is 16.1 Å². The minimum atomic E-state index is -1.30. The second-order valence-corrected chi connectivity index (χ2v) is 16.5. The van der Waals surface area contributed by atoms with Crippen LogP contribution in [0.5, 0.6) is 0 Å². The summed E-state index contributed by atoms with van der Waals surface area (Å²) >= 11 is 0. The molecule has 92 valence electrons. The van der Waals surface area contributed by atoms with Gasteiger partial charge in [-0.05, 0) is 10.8 Å². The zero-order valence-corrected chi connectivity index (χ0v) is 13.6. The molecule has 2 rings (SSSR count). The van der Waals surface area contributed by atoms with Gasteiger partial charge in [-0.15, -0.1) is 0 Å². The lowest BCUT2D eigenvalue weighted by Gasteiger charge is -2.33. The Labute approximate surface area is 108 Å². The van der Waals surface area contributed by atoms with Gasteiger partial charge in [-0.25, -0.2) is 0 Å². The topological polar surface area (TPSA) is 0 Å². The van der Waals surface area contributed by atoms with E-state index in [1.807, 2.05) is 0 Å². The summed E-state index contributed by atoms with van der Waals surface area (Å²) in [6.07, 6.45) is 2.39. The average molecular weight is 261 g/mol. The first kappa shape index (κ1) is 12.8. The van der Waals surface area contributed by atoms with Gasteiger partial charge >= 0.3 is 0 Å². The van der Waals surface area contributed by atoms with Crippen molar-refractivity contribution < 1.29 is 0 Å². The van der Waals surface area contributed by atoms with Gasteiger partial charge in [-0.1, -0.05) is 80.7 Å². The summed E-state index contributed by atoms with van der Waals surface area (Å²) in [5, 5.41) is 1.71. The summed E-state index contributed by atoms with van der Waals surface area (Å²) in [6.45, 7) is 9.91. The van der Waals surface area contributed by atoms with E-state index >= 15 is 0 Å². The van der Waals surface area contributed by atoms with Crippen molar-refractivity contribution in [1.29, 1.82) is 0 Å². The molecule has 0 fully saturated rings. The maximum absolute atomic E-state index is 2.61. The van der Waals surface area contributed by atoms with E-state index in [1.165, 1.54) is 23.3 Å². The molecule has 0 saturated heterocycles. The van der Waals surface area contributed by atoms with E-state index in [0.717, 1.165) is 0 Å². The SMILES string of the molecule is CC[Si](C)(C)C[Si]1(CC)C=Cc2ccccc21. The first-order valence-electron chi connectivity index (χ1n) is 6.82. The smallest absolute Gasteiger partial charge is 0.0895 e. The summed E-state index contributed by atoms with van der Waals surface area (Å²) in [5.74, 6) is 0. The Morgan fingerprint density at radius 1 is 1.12 bits per heavy atom. The second kappa shape index (κ2) is 4.58. The van der Waals surface area contributed by atoms with Gasteiger partial charge < -0.3 is 0 Å². The molecule has 0 aliphatic carbocycles. The summed E-state index contributed by atoms with van der Waals surface area (Å²) in [4.78, 5) is 0. The highest BCUT2D eigenvalue weighted by Gasteiger charge is 2.40. The van der Waals surface area contributed by atoms with Crippen molar-refractivity contribution in [3.05, 3.63) is 35.5 Å². The third-order valence-electron chi connectivity index (χ3n) is 4.46. The number of rotatable bonds is 4. The summed E-state index contributed by atoms with van der Waals surface area (Å²) < 4.78 is 0. The highest BCUT2D eigenvalue weighted by Crippen LogP contribution is 2.31. The van der Waals surface area contributed by atoms with Crippen molar-refractivity contribution >= 4 is 27.4 Å². The van der Waals surface area contributed by atoms with E-state index in [-0.39, 0.29) is 0 Å². The third-order valence-corrected chi connectivity index (χ3v) is 16.3. The van der Waals surface area contributed by atoms with Crippen LogP contribution >= 0.6 is 0 Å². The molecule has 17 heavy (non-hydrogen) atoms. The van der Waals surface area contributed by atoms with Gasteiger partial charge in [0, 0.05) is 8.07 Å². The first-order chi connectivity index (χ1) is 8.03. The lowest BCUT2D eigenvalue weighted by atomic mass is 10.2. The Kier molecular flexibility index (Phi) is 3.46. The molecule has 0 N–H and O–H groups in total. The van der Waals surface area contributed by atoms with Gasteiger partial charge in [-0.3, -0.25) is 0 Å². The van der Waals surface area contributed by atoms with Gasteiger partial charge in [0.05, 0.1) is 0 Å². The van der Waals surface area contributed by atoms with Gasteiger partial charge in [-0.2, -0.15) is 0 Å². The molecule has 1 aromatic rings. The van der Waals surface area contributed by atoms with Gasteiger partial charge in [0.1, 0.15) is 8.07 Å². The molecule has 1 aliphatic rings. The summed E-state index contributed by atoms with van der Waals surface area (Å²) in [6, 6.07) is 11.9. The van der Waals surface area contributed by atoms with Crippen molar-refractivity contribution in [3.8, 4) is 0 Å². The fourth-order valence-corrected chi connectivity index (χ4v) is 15.5. The molecular formula is C15H24Si2. The Hall–Kier alpha value is -0.606. The molecule has 0 radical (unpaired) electrons. The highest BCUT2D eigenvalue weighted by atomic mass is 28.4. The molecule has 0 aromatic heterocycles. The van der Waals surface area contributed by atoms with E-state index in [0.29, 0.717) is 0 Å². The molecule has 0 saturated carbocycles. The van der Waals surface area contributed by atoms with Gasteiger partial charge in [0.15, 0.2) is 0 Å². The van der Waals surface area contributed by atoms with Crippen LogP contribution in [-0.2, 0) is 0 Å². The molecule has 0 bridgehead atoms. The lowest BCUT2D eigenvalue weighted by Crippen LogP contribution is -2.50. The molecule has 1 unspecified atom stereocenters. The molecule has 1 atom stereocenters. The fraction of sp³-hybridized carbons (Fsp3) is 0.467. The third kappa shape index (κ3) is 2.33. The number of hydrogen-bond acceptors (Lipinski definition) is 0. The van der Waals surface area contributed by atoms with Crippen molar-refractivity contribution in [1.82, 2.24) is 0 Å². The van der Waals surface area contributed by atoms with Gasteiger partial charge in [0.25, 0.3) is 0 Å². The second-order valence-electron chi connectivity index (χ2n) is 6.12. The van der Waals surface area contributed by atoms with Crippen molar-refractivity contribution in [2.75, 3.05) is 0 Å². The Morgan fingerprint density at radius 3 is 2.47 bits per heavy atom. The monoisotopic (exact) mass is 260 g/mol. The highest BCUT2D eigenvalue weighted by molar-refractivity contribution is 7.07. The molecule has 0 spiro atoms. The molecule has 1 heterocycles. The molecule has 1 aromatic carbocycles. The van der Waals surface area contributed by atoms with Gasteiger partial charge in [0.2, 0.25) is 0 Å². The van der Waals surface area contributed by atoms with Crippen molar-refractivity contribution in [2.24, 2.45) is 0 Å². The Bertz CT molecular complexity index is 434. The zero-order chi connectivity index (χ0) is 12.5. The van der Waals surface area contributed by atoms with Crippen LogP contribution in [0.15, 0.2) is 30.0 Å². The first-order valence-corrected chi connectivity index (χ1v) is 12.7. The number of fused-ring (bicyclic) bond motifs is 1. The zero-order valence-electron chi connectivity index (χ0n) is 11.6. The van der Waals surface area contributed by atoms with Crippen molar-refractivity contribution in [3.63, 3.8) is 0 Å². The molecule has 1 aliphatic heterocycles. The normalized spacial score (nSPS) is 22.8. The minimum Gasteiger partial charge on any atom is -0.0895 e. The average Bonchev–Trinajstić information content (AvgIpc) is 2.69. The minimum absolute atomic E-state index is 0.994. The van der Waals surface area contributed by atoms with E-state index in [9.17, 15) is 0 Å². The van der Waals surface area contributed by atoms with Crippen molar-refractivity contribution in [2.45, 2.75) is 44.7 Å². The number of benzene rings is 1. The number of hydrogen-bond donors (Lipinski definition) is 0. The summed E-state index contributed by atoms with van der Waals surface area (Å²) in [5.41, 5.74) is 5.64. The largest absolute Gasteiger partial charge is 0.108 e. The Morgan fingerprint density at radius 2 is 1.82 bits per heavy atom. The van der Waals surface area contributed by atoms with Crippen LogP contribution in [0.25, 0.3) is 6.08 Å². The quantitative estimate of drug-likeness (QED) is 0.712. The van der Waals surface area contributed by atoms with E-state index in [1.54, 1.807) is 5.19 Å². The standard InChI is InChI=1S/C15H24Si2/c1-5-16(3,4)13-17(6-2)12-11-14-9-7-8-10-15(14)17/h7-12H,5-6,13H2,1-4H3. The molecular weight excluding hydrogens is 236 g/mol. The maximum Gasteiger partial charge on any atom is 0.108 e. The van der Waals surface area contributed by atoms with E-state index in [2.05, 4.69) is 63.0 Å². The van der Waals surface area contributed by atoms with Crippen LogP contribution in [0.1, 0.15) is 19.4 Å². The van der Waals surface area contributed by atoms with Crippen LogP contribution in [-0.4, -0.2) is 16.1 Å². The predicted molar refractivity (Wildman–Crippen MR) is 84.1 cm³/mol. The Balaban J connectivity index is 2.38. The van der Waals surface area contributed by atoms with E-state index in [4.69, 9.17) is 0 Å². The lowest BCUT2D eigenvalue weighted by molar-refractivity contribution is 1.30. The molecule has 2 heteroatoms. The van der Waals surface area contributed by atoms with Crippen LogP contribution in [0, 0.1) is 0 Å². The predicted octanol–water partition coefficient (Wildman–Crippen LogP) is 4.20. The maximum atomic E-state index is 2.61. The summed E-state index contributed by atoms with van der Waals surface area (Å²) in [7, 11) is -2.30. The van der Waals surface area contributed by atoms with Crippen LogP contribution in [0.2, 0.25) is 30.8 Å². The van der Waals surface area contributed by atoms with Crippen LogP contribution in [0.4, 0.5) is 0 Å². The van der Waals surface area contributed by atoms with Crippen LogP contribution < -0.4 is 5.19 Å².